The van der Waals surface area contributed by atoms with Crippen LogP contribution >= 0.6 is 11.6 Å². The summed E-state index contributed by atoms with van der Waals surface area (Å²) in [5.41, 5.74) is 1.83. The lowest BCUT2D eigenvalue weighted by Crippen LogP contribution is -2.30. The fourth-order valence-electron chi connectivity index (χ4n) is 3.12. The van der Waals surface area contributed by atoms with E-state index in [1.165, 1.54) is 0 Å². The van der Waals surface area contributed by atoms with Crippen LogP contribution in [0.5, 0.6) is 5.75 Å². The van der Waals surface area contributed by atoms with E-state index in [1.54, 1.807) is 48.5 Å². The zero-order valence-electron chi connectivity index (χ0n) is 17.7. The van der Waals surface area contributed by atoms with Crippen molar-refractivity contribution in [3.63, 3.8) is 0 Å². The molecule has 0 N–H and O–H groups in total. The first-order valence-corrected chi connectivity index (χ1v) is 10.5. The monoisotopic (exact) mass is 441 g/mol. The summed E-state index contributed by atoms with van der Waals surface area (Å²) in [6, 6.07) is 13.5. The minimum atomic E-state index is -0.546. The van der Waals surface area contributed by atoms with Gasteiger partial charge in [0.2, 0.25) is 0 Å². The van der Waals surface area contributed by atoms with Crippen LogP contribution in [0.1, 0.15) is 48.7 Å². The Hall–Kier alpha value is -3.12. The summed E-state index contributed by atoms with van der Waals surface area (Å²) in [5.74, 6) is -0.741. The zero-order chi connectivity index (χ0) is 22.5. The van der Waals surface area contributed by atoms with E-state index in [4.69, 9.17) is 21.1 Å². The molecule has 0 aromatic heterocycles. The Morgan fingerprint density at radius 3 is 2.23 bits per heavy atom. The van der Waals surface area contributed by atoms with Crippen LogP contribution in [0.4, 0.5) is 0 Å². The summed E-state index contributed by atoms with van der Waals surface area (Å²) in [5, 5.41) is -0.109. The van der Waals surface area contributed by atoms with Gasteiger partial charge in [0.15, 0.2) is 0 Å². The average Bonchev–Trinajstić information content (AvgIpc) is 2.96. The second-order valence-corrected chi connectivity index (χ2v) is 7.79. The maximum absolute atomic E-state index is 12.9. The first kappa shape index (κ1) is 22.6. The Bertz CT molecular complexity index is 1010. The molecule has 0 fully saturated rings. The number of amides is 2. The molecule has 0 radical (unpaired) electrons. The molecular formula is C24H24ClNO5. The lowest BCUT2D eigenvalue weighted by molar-refractivity contribution is -0.137. The van der Waals surface area contributed by atoms with Crippen LogP contribution < -0.4 is 4.74 Å². The molecule has 0 spiro atoms. The zero-order valence-corrected chi connectivity index (χ0v) is 18.4. The van der Waals surface area contributed by atoms with Crippen LogP contribution in [-0.4, -0.2) is 35.4 Å². The fourth-order valence-corrected chi connectivity index (χ4v) is 3.41. The van der Waals surface area contributed by atoms with Gasteiger partial charge < -0.3 is 9.47 Å². The van der Waals surface area contributed by atoms with Gasteiger partial charge in [-0.1, -0.05) is 42.8 Å². The van der Waals surface area contributed by atoms with Crippen molar-refractivity contribution in [1.82, 2.24) is 4.90 Å². The van der Waals surface area contributed by atoms with Crippen LogP contribution in [0, 0.1) is 0 Å². The molecular weight excluding hydrogens is 418 g/mol. The van der Waals surface area contributed by atoms with E-state index in [2.05, 4.69) is 0 Å². The molecule has 7 heteroatoms. The highest BCUT2D eigenvalue weighted by Gasteiger charge is 2.38. The van der Waals surface area contributed by atoms with Crippen molar-refractivity contribution in [2.75, 3.05) is 6.61 Å². The van der Waals surface area contributed by atoms with Crippen molar-refractivity contribution < 1.29 is 23.9 Å². The molecule has 0 aliphatic carbocycles. The summed E-state index contributed by atoms with van der Waals surface area (Å²) >= 11 is 6.23. The lowest BCUT2D eigenvalue weighted by atomic mass is 10.1. The van der Waals surface area contributed by atoms with Crippen molar-refractivity contribution in [1.29, 1.82) is 0 Å². The molecule has 2 amide bonds. The topological polar surface area (TPSA) is 72.9 Å². The molecule has 0 bridgehead atoms. The Balaban J connectivity index is 1.73. The number of ether oxygens (including phenoxy) is 2. The SMILES string of the molecule is CCCOC(=O)c1ccc(CN2C(=O)C(Cl)=C(c3ccc(OC(C)C)cc3)C2=O)cc1. The minimum absolute atomic E-state index is 0.0266. The number of imide groups is 1. The van der Waals surface area contributed by atoms with Gasteiger partial charge in [-0.3, -0.25) is 14.5 Å². The molecule has 2 aromatic carbocycles. The van der Waals surface area contributed by atoms with E-state index < -0.39 is 17.8 Å². The Labute approximate surface area is 186 Å². The molecule has 2 aromatic rings. The standard InChI is InChI=1S/C24H24ClNO5/c1-4-13-30-24(29)18-7-5-16(6-8-18)14-26-22(27)20(21(25)23(26)28)17-9-11-19(12-10-17)31-15(2)3/h5-12,15H,4,13-14H2,1-3H3. The van der Waals surface area contributed by atoms with Crippen molar-refractivity contribution in [2.45, 2.75) is 39.8 Å². The van der Waals surface area contributed by atoms with E-state index in [0.29, 0.717) is 29.0 Å². The number of carbonyl (C=O) groups is 3. The number of esters is 1. The van der Waals surface area contributed by atoms with E-state index in [1.807, 2.05) is 20.8 Å². The molecule has 0 saturated heterocycles. The van der Waals surface area contributed by atoms with Gasteiger partial charge in [0.25, 0.3) is 11.8 Å². The number of nitrogens with zero attached hydrogens (tertiary/aromatic N) is 1. The van der Waals surface area contributed by atoms with Crippen molar-refractivity contribution >= 4 is 35.0 Å². The summed E-state index contributed by atoms with van der Waals surface area (Å²) in [6.45, 7) is 6.17. The third-order valence-electron chi connectivity index (χ3n) is 4.59. The first-order valence-electron chi connectivity index (χ1n) is 10.1. The molecule has 3 rings (SSSR count). The lowest BCUT2D eigenvalue weighted by Gasteiger charge is -2.15. The number of halogens is 1. The highest BCUT2D eigenvalue weighted by molar-refractivity contribution is 6.55. The van der Waals surface area contributed by atoms with Gasteiger partial charge in [0.1, 0.15) is 10.8 Å². The van der Waals surface area contributed by atoms with E-state index in [9.17, 15) is 14.4 Å². The predicted molar refractivity (Wildman–Crippen MR) is 118 cm³/mol. The quantitative estimate of drug-likeness (QED) is 0.443. The van der Waals surface area contributed by atoms with E-state index >= 15 is 0 Å². The molecule has 0 unspecified atom stereocenters. The average molecular weight is 442 g/mol. The van der Waals surface area contributed by atoms with Gasteiger partial charge >= 0.3 is 5.97 Å². The summed E-state index contributed by atoms with van der Waals surface area (Å²) in [4.78, 5) is 38.6. The van der Waals surface area contributed by atoms with Gasteiger partial charge in [0, 0.05) is 0 Å². The largest absolute Gasteiger partial charge is 0.491 e. The predicted octanol–water partition coefficient (Wildman–Crippen LogP) is 4.56. The third kappa shape index (κ3) is 5.14. The fraction of sp³-hybridized carbons (Fsp3) is 0.292. The van der Waals surface area contributed by atoms with E-state index in [0.717, 1.165) is 11.3 Å². The van der Waals surface area contributed by atoms with Crippen LogP contribution in [0.25, 0.3) is 5.57 Å². The smallest absolute Gasteiger partial charge is 0.338 e. The molecule has 0 saturated carbocycles. The number of rotatable bonds is 8. The Morgan fingerprint density at radius 2 is 1.65 bits per heavy atom. The second-order valence-electron chi connectivity index (χ2n) is 7.41. The molecule has 1 aliphatic rings. The van der Waals surface area contributed by atoms with Gasteiger partial charge in [-0.25, -0.2) is 4.79 Å². The van der Waals surface area contributed by atoms with Crippen LogP contribution in [0.15, 0.2) is 53.6 Å². The number of benzene rings is 2. The van der Waals surface area contributed by atoms with Crippen molar-refractivity contribution in [3.8, 4) is 5.75 Å². The maximum atomic E-state index is 12.9. The first-order chi connectivity index (χ1) is 14.8. The van der Waals surface area contributed by atoms with Crippen molar-refractivity contribution in [2.24, 2.45) is 0 Å². The number of hydrogen-bond donors (Lipinski definition) is 0. The normalized spacial score (nSPS) is 13.9. The van der Waals surface area contributed by atoms with Gasteiger partial charge in [0.05, 0.1) is 30.4 Å². The molecule has 1 aliphatic heterocycles. The number of hydrogen-bond acceptors (Lipinski definition) is 5. The third-order valence-corrected chi connectivity index (χ3v) is 4.94. The Kier molecular flexibility index (Phi) is 7.13. The summed E-state index contributed by atoms with van der Waals surface area (Å²) in [6.07, 6.45) is 0.769. The molecule has 6 nitrogen and oxygen atoms in total. The highest BCUT2D eigenvalue weighted by atomic mass is 35.5. The van der Waals surface area contributed by atoms with Gasteiger partial charge in [-0.05, 0) is 55.7 Å². The van der Waals surface area contributed by atoms with Crippen LogP contribution in [-0.2, 0) is 20.9 Å². The molecule has 0 atom stereocenters. The molecule has 162 valence electrons. The molecule has 31 heavy (non-hydrogen) atoms. The highest BCUT2D eigenvalue weighted by Crippen LogP contribution is 2.33. The van der Waals surface area contributed by atoms with Crippen LogP contribution in [0.2, 0.25) is 0 Å². The second kappa shape index (κ2) is 9.79. The van der Waals surface area contributed by atoms with Crippen LogP contribution in [0.3, 0.4) is 0 Å². The van der Waals surface area contributed by atoms with Gasteiger partial charge in [-0.15, -0.1) is 0 Å². The minimum Gasteiger partial charge on any atom is -0.491 e. The van der Waals surface area contributed by atoms with Crippen molar-refractivity contribution in [3.05, 3.63) is 70.3 Å². The maximum Gasteiger partial charge on any atom is 0.338 e. The Morgan fingerprint density at radius 1 is 1.00 bits per heavy atom. The molecule has 1 heterocycles. The summed E-state index contributed by atoms with van der Waals surface area (Å²) < 4.78 is 10.7. The summed E-state index contributed by atoms with van der Waals surface area (Å²) in [7, 11) is 0. The van der Waals surface area contributed by atoms with Gasteiger partial charge in [-0.2, -0.15) is 0 Å². The van der Waals surface area contributed by atoms with E-state index in [-0.39, 0.29) is 23.3 Å². The number of carbonyl (C=O) groups excluding carboxylic acids is 3.